The van der Waals surface area contributed by atoms with Crippen LogP contribution >= 0.6 is 0 Å². The van der Waals surface area contributed by atoms with E-state index in [1.54, 1.807) is 6.92 Å². The predicted molar refractivity (Wildman–Crippen MR) is 198 cm³/mol. The minimum absolute atomic E-state index is 0.0860. The minimum atomic E-state index is -0.891. The number of rotatable bonds is 24. The molecule has 0 aromatic carbocycles. The molecular weight excluding hydrogens is 638 g/mol. The fraction of sp³-hybridized carbons (Fsp3) is 0.900. The van der Waals surface area contributed by atoms with Crippen molar-refractivity contribution in [2.24, 2.45) is 38.9 Å². The van der Waals surface area contributed by atoms with Crippen molar-refractivity contribution < 1.29 is 42.9 Å². The average molecular weight is 714 g/mol. The van der Waals surface area contributed by atoms with E-state index in [0.29, 0.717) is 24.7 Å². The van der Waals surface area contributed by atoms with Gasteiger partial charge in [0.05, 0.1) is 24.0 Å². The Balaban J connectivity index is 5.62. The third-order valence-corrected chi connectivity index (χ3v) is 10.9. The lowest BCUT2D eigenvalue weighted by atomic mass is 9.69. The first-order valence-electron chi connectivity index (χ1n) is 18.6. The third kappa shape index (κ3) is 17.3. The summed E-state index contributed by atoms with van der Waals surface area (Å²) in [5.41, 5.74) is -1.65. The summed E-state index contributed by atoms with van der Waals surface area (Å²) in [4.78, 5) is 50.5. The van der Waals surface area contributed by atoms with Crippen LogP contribution < -0.4 is 5.32 Å². The van der Waals surface area contributed by atoms with E-state index in [0.717, 1.165) is 13.0 Å². The van der Waals surface area contributed by atoms with Crippen molar-refractivity contribution in [3.05, 3.63) is 0 Å². The maximum atomic E-state index is 13.5. The molecule has 3 unspecified atom stereocenters. The highest BCUT2D eigenvalue weighted by Gasteiger charge is 2.39. The standard InChI is InChI=1S/C40H75NO9/c1-18-33(43)48-24-32(49-34(44)37(10,11)20-19-36(8,9)29(6)41-26-40(16,17)28(4)5)22-46-21-31(23-47-30(7)42)50-35(45)39(14,15)25-38(12,13)27(2)3/h27-29,31-32,41H,18-26H2,1-17H3. The van der Waals surface area contributed by atoms with Crippen LogP contribution in [0.2, 0.25) is 0 Å². The summed E-state index contributed by atoms with van der Waals surface area (Å²) >= 11 is 0. The molecule has 1 N–H and O–H groups in total. The van der Waals surface area contributed by atoms with Gasteiger partial charge < -0.3 is 29.0 Å². The second kappa shape index (κ2) is 20.1. The number of hydrogen-bond acceptors (Lipinski definition) is 10. The second-order valence-corrected chi connectivity index (χ2v) is 18.3. The zero-order valence-electron chi connectivity index (χ0n) is 34.9. The van der Waals surface area contributed by atoms with E-state index < -0.39 is 46.9 Å². The number of esters is 4. The van der Waals surface area contributed by atoms with E-state index in [1.807, 2.05) is 27.7 Å². The fourth-order valence-corrected chi connectivity index (χ4v) is 4.95. The Morgan fingerprint density at radius 1 is 0.600 bits per heavy atom. The van der Waals surface area contributed by atoms with Gasteiger partial charge in [-0.1, -0.05) is 76.2 Å². The summed E-state index contributed by atoms with van der Waals surface area (Å²) < 4.78 is 28.1. The van der Waals surface area contributed by atoms with Gasteiger partial charge in [-0.2, -0.15) is 0 Å². The van der Waals surface area contributed by atoms with E-state index in [1.165, 1.54) is 6.92 Å². The van der Waals surface area contributed by atoms with Crippen molar-refractivity contribution in [2.45, 2.75) is 162 Å². The monoisotopic (exact) mass is 714 g/mol. The molecule has 0 saturated carbocycles. The molecule has 0 aliphatic heterocycles. The molecule has 0 aliphatic carbocycles. The average Bonchev–Trinajstić information content (AvgIpc) is 2.98. The molecule has 10 heteroatoms. The topological polar surface area (TPSA) is 126 Å². The van der Waals surface area contributed by atoms with Crippen LogP contribution in [0.3, 0.4) is 0 Å². The Morgan fingerprint density at radius 2 is 1.06 bits per heavy atom. The zero-order chi connectivity index (χ0) is 39.3. The molecule has 50 heavy (non-hydrogen) atoms. The molecule has 0 aromatic heterocycles. The zero-order valence-corrected chi connectivity index (χ0v) is 34.9. The van der Waals surface area contributed by atoms with Crippen molar-refractivity contribution in [1.29, 1.82) is 0 Å². The lowest BCUT2D eigenvalue weighted by Crippen LogP contribution is -2.45. The van der Waals surface area contributed by atoms with E-state index in [9.17, 15) is 19.2 Å². The number of nitrogens with one attached hydrogen (secondary N) is 1. The lowest BCUT2D eigenvalue weighted by molar-refractivity contribution is -0.177. The van der Waals surface area contributed by atoms with Gasteiger partial charge in [0.2, 0.25) is 0 Å². The smallest absolute Gasteiger partial charge is 0.312 e. The number of carbonyl (C=O) groups is 4. The van der Waals surface area contributed by atoms with Gasteiger partial charge in [-0.25, -0.2) is 0 Å². The van der Waals surface area contributed by atoms with Gasteiger partial charge in [0.25, 0.3) is 0 Å². The Bertz CT molecular complexity index is 1070. The van der Waals surface area contributed by atoms with Crippen LogP contribution in [0, 0.1) is 38.9 Å². The van der Waals surface area contributed by atoms with Crippen LogP contribution in [-0.2, 0) is 42.9 Å². The summed E-state index contributed by atoms with van der Waals surface area (Å²) in [6.45, 7) is 34.8. The van der Waals surface area contributed by atoms with Gasteiger partial charge in [-0.15, -0.1) is 0 Å². The van der Waals surface area contributed by atoms with E-state index in [2.05, 4.69) is 81.5 Å². The van der Waals surface area contributed by atoms with Crippen molar-refractivity contribution in [3.8, 4) is 0 Å². The van der Waals surface area contributed by atoms with E-state index >= 15 is 0 Å². The van der Waals surface area contributed by atoms with E-state index in [-0.39, 0.29) is 55.1 Å². The van der Waals surface area contributed by atoms with Crippen LogP contribution in [-0.4, -0.2) is 75.1 Å². The van der Waals surface area contributed by atoms with Crippen LogP contribution in [0.15, 0.2) is 0 Å². The molecule has 0 radical (unpaired) electrons. The van der Waals surface area contributed by atoms with Gasteiger partial charge in [-0.05, 0) is 82.0 Å². The van der Waals surface area contributed by atoms with Gasteiger partial charge in [0.1, 0.15) is 13.2 Å². The molecule has 294 valence electrons. The summed E-state index contributed by atoms with van der Waals surface area (Å²) in [7, 11) is 0. The predicted octanol–water partition coefficient (Wildman–Crippen LogP) is 7.93. The lowest BCUT2D eigenvalue weighted by Gasteiger charge is -2.38. The van der Waals surface area contributed by atoms with Crippen molar-refractivity contribution in [1.82, 2.24) is 5.32 Å². The van der Waals surface area contributed by atoms with Gasteiger partial charge in [-0.3, -0.25) is 19.2 Å². The fourth-order valence-electron chi connectivity index (χ4n) is 4.95. The third-order valence-electron chi connectivity index (χ3n) is 10.9. The molecule has 0 saturated heterocycles. The molecule has 10 nitrogen and oxygen atoms in total. The molecular formula is C40H75NO9. The molecule has 0 aliphatic rings. The van der Waals surface area contributed by atoms with Crippen LogP contribution in [0.25, 0.3) is 0 Å². The number of hydrogen-bond donors (Lipinski definition) is 1. The SMILES string of the molecule is CCC(=O)OCC(COCC(COC(C)=O)OC(=O)C(C)(C)CC(C)(C)C(C)C)OC(=O)C(C)(C)CCC(C)(C)C(C)NCC(C)(C)C(C)C. The summed E-state index contributed by atoms with van der Waals surface area (Å²) in [6, 6.07) is 0.225. The Labute approximate surface area is 305 Å². The molecule has 0 rings (SSSR count). The number of carbonyl (C=O) groups excluding carboxylic acids is 4. The highest BCUT2D eigenvalue weighted by atomic mass is 16.6. The van der Waals surface area contributed by atoms with Crippen molar-refractivity contribution in [2.75, 3.05) is 33.0 Å². The maximum Gasteiger partial charge on any atom is 0.312 e. The molecule has 0 heterocycles. The normalized spacial score (nSPS) is 15.0. The molecule has 0 amide bonds. The highest BCUT2D eigenvalue weighted by molar-refractivity contribution is 5.76. The summed E-state index contributed by atoms with van der Waals surface area (Å²) in [5.74, 6) is -0.901. The van der Waals surface area contributed by atoms with Gasteiger partial charge in [0, 0.05) is 25.9 Å². The number of ether oxygens (including phenoxy) is 5. The quantitative estimate of drug-likeness (QED) is 0.0778. The van der Waals surface area contributed by atoms with E-state index in [4.69, 9.17) is 23.7 Å². The first-order chi connectivity index (χ1) is 22.6. The van der Waals surface area contributed by atoms with Crippen molar-refractivity contribution >= 4 is 23.9 Å². The molecule has 3 atom stereocenters. The first kappa shape index (κ1) is 47.8. The van der Waals surface area contributed by atoms with Crippen LogP contribution in [0.1, 0.15) is 143 Å². The molecule has 0 spiro atoms. The highest BCUT2D eigenvalue weighted by Crippen LogP contribution is 2.40. The van der Waals surface area contributed by atoms with Gasteiger partial charge >= 0.3 is 23.9 Å². The Hall–Kier alpha value is -2.20. The minimum Gasteiger partial charge on any atom is -0.462 e. The molecule has 0 fully saturated rings. The molecule has 0 bridgehead atoms. The van der Waals surface area contributed by atoms with Gasteiger partial charge in [0.15, 0.2) is 12.2 Å². The maximum absolute atomic E-state index is 13.5. The Kier molecular flexibility index (Phi) is 19.3. The molecule has 0 aromatic rings. The summed E-state index contributed by atoms with van der Waals surface area (Å²) in [5, 5.41) is 3.72. The summed E-state index contributed by atoms with van der Waals surface area (Å²) in [6.07, 6.45) is 0.361. The van der Waals surface area contributed by atoms with Crippen molar-refractivity contribution in [3.63, 3.8) is 0 Å². The first-order valence-corrected chi connectivity index (χ1v) is 18.6. The van der Waals surface area contributed by atoms with Crippen LogP contribution in [0.5, 0.6) is 0 Å². The second-order valence-electron chi connectivity index (χ2n) is 18.3. The van der Waals surface area contributed by atoms with Crippen LogP contribution in [0.4, 0.5) is 0 Å². The Morgan fingerprint density at radius 3 is 1.50 bits per heavy atom. The largest absolute Gasteiger partial charge is 0.462 e.